The lowest BCUT2D eigenvalue weighted by atomic mass is 9.88. The number of carbonyl (C=O) groups is 1. The average molecular weight is 426 g/mol. The molecule has 4 rings (SSSR count). The molecule has 32 heavy (non-hydrogen) atoms. The molecule has 1 N–H and O–H groups in total. The van der Waals surface area contributed by atoms with E-state index < -0.39 is 6.04 Å². The van der Waals surface area contributed by atoms with Gasteiger partial charge >= 0.3 is 0 Å². The normalized spacial score (nSPS) is 12.5. The highest BCUT2D eigenvalue weighted by atomic mass is 16.1. The van der Waals surface area contributed by atoms with Crippen molar-refractivity contribution in [3.63, 3.8) is 0 Å². The molecule has 162 valence electrons. The number of carbonyl (C=O) groups excluding carboxylic acids is 1. The predicted octanol–water partition coefficient (Wildman–Crippen LogP) is 5.56. The molecule has 6 heteroatoms. The van der Waals surface area contributed by atoms with Gasteiger partial charge in [-0.05, 0) is 29.5 Å². The zero-order chi connectivity index (χ0) is 22.7. The SMILES string of the molecule is C[C@@H](Nc1nc(-c2cncnc2)nc2cccc(-c3ccccc3)c12)C(=O)CC(C)(C)C. The van der Waals surface area contributed by atoms with Crippen LogP contribution in [0, 0.1) is 5.41 Å². The van der Waals surface area contributed by atoms with Gasteiger partial charge in [0, 0.05) is 18.8 Å². The van der Waals surface area contributed by atoms with Gasteiger partial charge in [-0.3, -0.25) is 4.79 Å². The van der Waals surface area contributed by atoms with Crippen LogP contribution in [-0.2, 0) is 4.79 Å². The first-order valence-corrected chi connectivity index (χ1v) is 10.7. The zero-order valence-corrected chi connectivity index (χ0v) is 18.8. The third kappa shape index (κ3) is 4.80. The standard InChI is InChI=1S/C26H27N5O/c1-17(22(32)13-26(2,3)4)29-25-23-20(18-9-6-5-7-10-18)11-8-12-21(23)30-24(31-25)19-14-27-16-28-15-19/h5-12,14-17H,13H2,1-4H3,(H,29,30,31)/t17-/m1/s1. The number of benzene rings is 2. The fraction of sp³-hybridized carbons (Fsp3) is 0.269. The zero-order valence-electron chi connectivity index (χ0n) is 18.8. The molecule has 0 aliphatic carbocycles. The van der Waals surface area contributed by atoms with Crippen LogP contribution in [0.1, 0.15) is 34.1 Å². The van der Waals surface area contributed by atoms with Crippen LogP contribution >= 0.6 is 0 Å². The second-order valence-electron chi connectivity index (χ2n) is 9.16. The Morgan fingerprint density at radius 3 is 2.34 bits per heavy atom. The lowest BCUT2D eigenvalue weighted by molar-refractivity contribution is -0.121. The van der Waals surface area contributed by atoms with Crippen LogP contribution in [0.3, 0.4) is 0 Å². The Hall–Kier alpha value is -3.67. The first kappa shape index (κ1) is 21.6. The highest BCUT2D eigenvalue weighted by Crippen LogP contribution is 2.34. The minimum absolute atomic E-state index is 0.0809. The molecule has 6 nitrogen and oxygen atoms in total. The van der Waals surface area contributed by atoms with Crippen LogP contribution in [0.25, 0.3) is 33.4 Å². The number of fused-ring (bicyclic) bond motifs is 1. The molecular formula is C26H27N5O. The minimum atomic E-state index is -0.393. The molecule has 1 atom stereocenters. The molecule has 0 amide bonds. The summed E-state index contributed by atoms with van der Waals surface area (Å²) in [7, 11) is 0. The molecule has 0 spiro atoms. The van der Waals surface area contributed by atoms with E-state index in [2.05, 4.69) is 54.3 Å². The highest BCUT2D eigenvalue weighted by molar-refractivity contribution is 6.03. The van der Waals surface area contributed by atoms with E-state index in [4.69, 9.17) is 9.97 Å². The lowest BCUT2D eigenvalue weighted by Crippen LogP contribution is -2.30. The number of Topliss-reactive ketones (excluding diaryl/α,β-unsaturated/α-hetero) is 1. The number of hydrogen-bond acceptors (Lipinski definition) is 6. The van der Waals surface area contributed by atoms with E-state index >= 15 is 0 Å². The van der Waals surface area contributed by atoms with Crippen molar-refractivity contribution in [2.24, 2.45) is 5.41 Å². The van der Waals surface area contributed by atoms with Crippen LogP contribution < -0.4 is 5.32 Å². The Morgan fingerprint density at radius 2 is 1.66 bits per heavy atom. The van der Waals surface area contributed by atoms with Gasteiger partial charge in [0.2, 0.25) is 0 Å². The molecule has 0 saturated carbocycles. The smallest absolute Gasteiger partial charge is 0.165 e. The van der Waals surface area contributed by atoms with Gasteiger partial charge in [0.05, 0.1) is 22.5 Å². The summed E-state index contributed by atoms with van der Waals surface area (Å²) in [6, 6.07) is 15.7. The number of ketones is 1. The lowest BCUT2D eigenvalue weighted by Gasteiger charge is -2.22. The topological polar surface area (TPSA) is 80.7 Å². The van der Waals surface area contributed by atoms with E-state index in [9.17, 15) is 4.79 Å². The van der Waals surface area contributed by atoms with Gasteiger partial charge < -0.3 is 5.32 Å². The fourth-order valence-corrected chi connectivity index (χ4v) is 3.65. The van der Waals surface area contributed by atoms with Crippen LogP contribution in [-0.4, -0.2) is 31.8 Å². The largest absolute Gasteiger partial charge is 0.360 e. The van der Waals surface area contributed by atoms with E-state index in [0.29, 0.717) is 18.1 Å². The number of hydrogen-bond donors (Lipinski definition) is 1. The fourth-order valence-electron chi connectivity index (χ4n) is 3.65. The predicted molar refractivity (Wildman–Crippen MR) is 128 cm³/mol. The summed E-state index contributed by atoms with van der Waals surface area (Å²) in [5, 5.41) is 4.27. The van der Waals surface area contributed by atoms with Gasteiger partial charge in [-0.2, -0.15) is 0 Å². The molecule has 0 bridgehead atoms. The summed E-state index contributed by atoms with van der Waals surface area (Å²) in [4.78, 5) is 30.7. The van der Waals surface area contributed by atoms with Crippen LogP contribution in [0.4, 0.5) is 5.82 Å². The Morgan fingerprint density at radius 1 is 0.938 bits per heavy atom. The molecule has 4 aromatic rings. The Kier molecular flexibility index (Phi) is 5.95. The number of nitrogens with one attached hydrogen (secondary N) is 1. The van der Waals surface area contributed by atoms with Gasteiger partial charge in [-0.15, -0.1) is 0 Å². The van der Waals surface area contributed by atoms with Crippen LogP contribution in [0.5, 0.6) is 0 Å². The minimum Gasteiger partial charge on any atom is -0.360 e. The number of nitrogens with zero attached hydrogens (tertiary/aromatic N) is 4. The third-order valence-electron chi connectivity index (χ3n) is 5.17. The van der Waals surface area contributed by atoms with Crippen LogP contribution in [0.2, 0.25) is 0 Å². The summed E-state index contributed by atoms with van der Waals surface area (Å²) in [5.41, 5.74) is 3.50. The van der Waals surface area contributed by atoms with Crippen molar-refractivity contribution in [3.05, 3.63) is 67.3 Å². The molecule has 0 unspecified atom stereocenters. The Bertz CT molecular complexity index is 1230. The molecule has 0 aliphatic rings. The van der Waals surface area contributed by atoms with Crippen molar-refractivity contribution in [3.8, 4) is 22.5 Å². The van der Waals surface area contributed by atoms with Crippen molar-refractivity contribution in [1.29, 1.82) is 0 Å². The Labute approximate surface area is 188 Å². The molecule has 0 fully saturated rings. The van der Waals surface area contributed by atoms with Gasteiger partial charge in [0.1, 0.15) is 12.1 Å². The quantitative estimate of drug-likeness (QED) is 0.436. The molecule has 2 aromatic carbocycles. The van der Waals surface area contributed by atoms with E-state index in [1.807, 2.05) is 37.3 Å². The van der Waals surface area contributed by atoms with Crippen molar-refractivity contribution in [1.82, 2.24) is 19.9 Å². The van der Waals surface area contributed by atoms with E-state index in [0.717, 1.165) is 27.6 Å². The average Bonchev–Trinajstić information content (AvgIpc) is 2.78. The molecule has 0 radical (unpaired) electrons. The first-order valence-electron chi connectivity index (χ1n) is 10.7. The number of aromatic nitrogens is 4. The summed E-state index contributed by atoms with van der Waals surface area (Å²) in [6.45, 7) is 8.09. The molecular weight excluding hydrogens is 398 g/mol. The summed E-state index contributed by atoms with van der Waals surface area (Å²) >= 11 is 0. The van der Waals surface area contributed by atoms with Gasteiger partial charge in [-0.1, -0.05) is 63.2 Å². The first-order chi connectivity index (χ1) is 15.3. The summed E-state index contributed by atoms with van der Waals surface area (Å²) < 4.78 is 0. The second kappa shape index (κ2) is 8.83. The van der Waals surface area contributed by atoms with Crippen molar-refractivity contribution < 1.29 is 4.79 Å². The summed E-state index contributed by atoms with van der Waals surface area (Å²) in [6.07, 6.45) is 5.33. The monoisotopic (exact) mass is 425 g/mol. The molecule has 2 heterocycles. The van der Waals surface area contributed by atoms with E-state index in [1.54, 1.807) is 12.4 Å². The molecule has 2 aromatic heterocycles. The highest BCUT2D eigenvalue weighted by Gasteiger charge is 2.23. The Balaban J connectivity index is 1.86. The van der Waals surface area contributed by atoms with Crippen molar-refractivity contribution in [2.45, 2.75) is 40.2 Å². The van der Waals surface area contributed by atoms with E-state index in [-0.39, 0.29) is 11.2 Å². The second-order valence-corrected chi connectivity index (χ2v) is 9.16. The van der Waals surface area contributed by atoms with E-state index in [1.165, 1.54) is 6.33 Å². The molecule has 0 saturated heterocycles. The number of rotatable bonds is 6. The van der Waals surface area contributed by atoms with Gasteiger partial charge in [0.25, 0.3) is 0 Å². The van der Waals surface area contributed by atoms with Crippen LogP contribution in [0.15, 0.2) is 67.3 Å². The summed E-state index contributed by atoms with van der Waals surface area (Å²) in [5.74, 6) is 1.29. The molecule has 0 aliphatic heterocycles. The van der Waals surface area contributed by atoms with Crippen molar-refractivity contribution >= 4 is 22.5 Å². The maximum absolute atomic E-state index is 12.9. The third-order valence-corrected chi connectivity index (χ3v) is 5.17. The maximum atomic E-state index is 12.9. The number of anilines is 1. The van der Waals surface area contributed by atoms with Gasteiger partial charge in [0.15, 0.2) is 11.6 Å². The van der Waals surface area contributed by atoms with Gasteiger partial charge in [-0.25, -0.2) is 19.9 Å². The van der Waals surface area contributed by atoms with Crippen molar-refractivity contribution in [2.75, 3.05) is 5.32 Å². The maximum Gasteiger partial charge on any atom is 0.165 e.